The van der Waals surface area contributed by atoms with Crippen molar-refractivity contribution in [3.8, 4) is 5.75 Å². The fraction of sp³-hybridized carbons (Fsp3) is 0.400. The Morgan fingerprint density at radius 1 is 1.33 bits per heavy atom. The SMILES string of the molecule is Cc1c(O)ccc2c3c(c(=O)oc12)CC[C@@H](C)C3. The third-order valence-electron chi connectivity index (χ3n) is 3.95. The summed E-state index contributed by atoms with van der Waals surface area (Å²) in [4.78, 5) is 12.0. The normalized spacial score (nSPS) is 18.9. The van der Waals surface area contributed by atoms with Gasteiger partial charge in [-0.2, -0.15) is 0 Å². The number of aryl methyl sites for hydroxylation is 1. The topological polar surface area (TPSA) is 50.4 Å². The van der Waals surface area contributed by atoms with Gasteiger partial charge >= 0.3 is 5.63 Å². The molecular formula is C15H16O3. The third-order valence-corrected chi connectivity index (χ3v) is 3.95. The fourth-order valence-corrected chi connectivity index (χ4v) is 2.82. The fourth-order valence-electron chi connectivity index (χ4n) is 2.82. The summed E-state index contributed by atoms with van der Waals surface area (Å²) in [7, 11) is 0. The maximum Gasteiger partial charge on any atom is 0.339 e. The lowest BCUT2D eigenvalue weighted by Gasteiger charge is -2.21. The van der Waals surface area contributed by atoms with Gasteiger partial charge in [0.1, 0.15) is 11.3 Å². The van der Waals surface area contributed by atoms with Crippen LogP contribution in [0.25, 0.3) is 11.0 Å². The average molecular weight is 244 g/mol. The van der Waals surface area contributed by atoms with Gasteiger partial charge in [-0.25, -0.2) is 4.79 Å². The molecule has 94 valence electrons. The van der Waals surface area contributed by atoms with Crippen LogP contribution in [0.2, 0.25) is 0 Å². The molecule has 1 aliphatic rings. The Kier molecular flexibility index (Phi) is 2.44. The maximum absolute atomic E-state index is 12.0. The van der Waals surface area contributed by atoms with E-state index in [0.29, 0.717) is 17.1 Å². The van der Waals surface area contributed by atoms with Crippen molar-refractivity contribution in [1.82, 2.24) is 0 Å². The summed E-state index contributed by atoms with van der Waals surface area (Å²) >= 11 is 0. The molecule has 0 aliphatic heterocycles. The summed E-state index contributed by atoms with van der Waals surface area (Å²) in [5.74, 6) is 0.770. The Morgan fingerprint density at radius 3 is 2.89 bits per heavy atom. The molecule has 0 unspecified atom stereocenters. The first-order valence-electron chi connectivity index (χ1n) is 6.35. The zero-order valence-corrected chi connectivity index (χ0v) is 10.6. The van der Waals surface area contributed by atoms with E-state index in [0.717, 1.165) is 35.8 Å². The quantitative estimate of drug-likeness (QED) is 0.725. The van der Waals surface area contributed by atoms with Crippen molar-refractivity contribution >= 4 is 11.0 Å². The van der Waals surface area contributed by atoms with E-state index in [2.05, 4.69) is 6.92 Å². The lowest BCUT2D eigenvalue weighted by Crippen LogP contribution is -2.20. The van der Waals surface area contributed by atoms with Gasteiger partial charge in [0.05, 0.1) is 0 Å². The zero-order chi connectivity index (χ0) is 12.9. The first-order chi connectivity index (χ1) is 8.58. The molecule has 1 aromatic heterocycles. The minimum atomic E-state index is -0.238. The summed E-state index contributed by atoms with van der Waals surface area (Å²) in [6.45, 7) is 3.98. The molecule has 3 heteroatoms. The number of aromatic hydroxyl groups is 1. The largest absolute Gasteiger partial charge is 0.508 e. The van der Waals surface area contributed by atoms with E-state index in [-0.39, 0.29) is 11.4 Å². The van der Waals surface area contributed by atoms with Crippen molar-refractivity contribution in [1.29, 1.82) is 0 Å². The summed E-state index contributed by atoms with van der Waals surface area (Å²) in [6, 6.07) is 3.54. The molecule has 1 aliphatic carbocycles. The molecule has 0 radical (unpaired) electrons. The lowest BCUT2D eigenvalue weighted by atomic mass is 9.84. The monoisotopic (exact) mass is 244 g/mol. The second-order valence-electron chi connectivity index (χ2n) is 5.28. The van der Waals surface area contributed by atoms with Crippen LogP contribution in [0.15, 0.2) is 21.3 Å². The molecule has 1 atom stereocenters. The van der Waals surface area contributed by atoms with Gasteiger partial charge in [-0.15, -0.1) is 0 Å². The molecule has 0 saturated heterocycles. The Hall–Kier alpha value is -1.77. The molecule has 0 saturated carbocycles. The Balaban J connectivity index is 2.41. The van der Waals surface area contributed by atoms with E-state index in [4.69, 9.17) is 4.42 Å². The van der Waals surface area contributed by atoms with Crippen LogP contribution in [0.3, 0.4) is 0 Å². The number of hydrogen-bond donors (Lipinski definition) is 1. The van der Waals surface area contributed by atoms with Gasteiger partial charge in [0.15, 0.2) is 0 Å². The molecule has 1 N–H and O–H groups in total. The highest BCUT2D eigenvalue weighted by Crippen LogP contribution is 2.33. The summed E-state index contributed by atoms with van der Waals surface area (Å²) in [6.07, 6.45) is 2.76. The lowest BCUT2D eigenvalue weighted by molar-refractivity contribution is 0.461. The van der Waals surface area contributed by atoms with Crippen LogP contribution in [0, 0.1) is 12.8 Å². The first-order valence-corrected chi connectivity index (χ1v) is 6.35. The maximum atomic E-state index is 12.0. The molecule has 1 heterocycles. The second-order valence-corrected chi connectivity index (χ2v) is 5.28. The van der Waals surface area contributed by atoms with Crippen molar-refractivity contribution in [3.05, 3.63) is 39.2 Å². The van der Waals surface area contributed by atoms with Crippen LogP contribution in [0.4, 0.5) is 0 Å². The highest BCUT2D eigenvalue weighted by atomic mass is 16.4. The second kappa shape index (κ2) is 3.87. The highest BCUT2D eigenvalue weighted by molar-refractivity contribution is 5.85. The molecule has 3 nitrogen and oxygen atoms in total. The first kappa shape index (κ1) is 11.3. The molecule has 3 rings (SSSR count). The van der Waals surface area contributed by atoms with Crippen LogP contribution in [-0.4, -0.2) is 5.11 Å². The molecule has 18 heavy (non-hydrogen) atoms. The molecule has 2 aromatic rings. The summed E-state index contributed by atoms with van der Waals surface area (Å²) in [5.41, 5.74) is 2.88. The number of phenolic OH excluding ortho intramolecular Hbond substituents is 1. The number of hydrogen-bond acceptors (Lipinski definition) is 3. The van der Waals surface area contributed by atoms with E-state index in [1.807, 2.05) is 6.07 Å². The van der Waals surface area contributed by atoms with Crippen molar-refractivity contribution < 1.29 is 9.52 Å². The van der Waals surface area contributed by atoms with Gasteiger partial charge in [0, 0.05) is 16.5 Å². The van der Waals surface area contributed by atoms with Crippen molar-refractivity contribution in [2.24, 2.45) is 5.92 Å². The summed E-state index contributed by atoms with van der Waals surface area (Å²) in [5, 5.41) is 10.7. The van der Waals surface area contributed by atoms with E-state index in [9.17, 15) is 9.90 Å². The Bertz CT molecular complexity index is 682. The number of benzene rings is 1. The molecule has 0 amide bonds. The van der Waals surface area contributed by atoms with Crippen molar-refractivity contribution in [3.63, 3.8) is 0 Å². The molecular weight excluding hydrogens is 228 g/mol. The van der Waals surface area contributed by atoms with E-state index in [1.165, 1.54) is 0 Å². The van der Waals surface area contributed by atoms with Gasteiger partial charge in [0.25, 0.3) is 0 Å². The van der Waals surface area contributed by atoms with E-state index >= 15 is 0 Å². The number of rotatable bonds is 0. The molecule has 0 bridgehead atoms. The number of fused-ring (bicyclic) bond motifs is 3. The van der Waals surface area contributed by atoms with Crippen LogP contribution in [0.1, 0.15) is 30.0 Å². The predicted octanol–water partition coefficient (Wildman–Crippen LogP) is 2.93. The van der Waals surface area contributed by atoms with Gasteiger partial charge < -0.3 is 9.52 Å². The van der Waals surface area contributed by atoms with Gasteiger partial charge in [0.2, 0.25) is 0 Å². The minimum absolute atomic E-state index is 0.175. The highest BCUT2D eigenvalue weighted by Gasteiger charge is 2.22. The zero-order valence-electron chi connectivity index (χ0n) is 10.6. The molecule has 0 spiro atoms. The van der Waals surface area contributed by atoms with Crippen LogP contribution >= 0.6 is 0 Å². The van der Waals surface area contributed by atoms with Crippen LogP contribution in [0.5, 0.6) is 5.75 Å². The summed E-state index contributed by atoms with van der Waals surface area (Å²) < 4.78 is 5.39. The average Bonchev–Trinajstić information content (AvgIpc) is 2.34. The predicted molar refractivity (Wildman–Crippen MR) is 70.1 cm³/mol. The number of phenols is 1. The van der Waals surface area contributed by atoms with Gasteiger partial charge in [-0.3, -0.25) is 0 Å². The van der Waals surface area contributed by atoms with Crippen LogP contribution < -0.4 is 5.63 Å². The van der Waals surface area contributed by atoms with Crippen LogP contribution in [-0.2, 0) is 12.8 Å². The smallest absolute Gasteiger partial charge is 0.339 e. The van der Waals surface area contributed by atoms with E-state index in [1.54, 1.807) is 13.0 Å². The van der Waals surface area contributed by atoms with Crippen molar-refractivity contribution in [2.45, 2.75) is 33.1 Å². The third kappa shape index (κ3) is 1.54. The van der Waals surface area contributed by atoms with Gasteiger partial charge in [-0.05, 0) is 49.8 Å². The standard InChI is InChI=1S/C15H16O3/c1-8-3-4-11-12(7-8)10-5-6-13(16)9(2)14(10)18-15(11)17/h5-6,8,16H,3-4,7H2,1-2H3/t8-/m1/s1. The Morgan fingerprint density at radius 2 is 2.11 bits per heavy atom. The van der Waals surface area contributed by atoms with E-state index < -0.39 is 0 Å². The molecule has 1 aromatic carbocycles. The van der Waals surface area contributed by atoms with Gasteiger partial charge in [-0.1, -0.05) is 6.92 Å². The van der Waals surface area contributed by atoms with Crippen molar-refractivity contribution in [2.75, 3.05) is 0 Å². The molecule has 0 fully saturated rings. The Labute approximate surface area is 105 Å². The minimum Gasteiger partial charge on any atom is -0.508 e.